The third-order valence-corrected chi connectivity index (χ3v) is 5.34. The van der Waals surface area contributed by atoms with Gasteiger partial charge in [0.25, 0.3) is 0 Å². The number of hydrogen-bond acceptors (Lipinski definition) is 3. The average molecular weight is 362 g/mol. The van der Waals surface area contributed by atoms with E-state index in [0.717, 1.165) is 44.0 Å². The summed E-state index contributed by atoms with van der Waals surface area (Å²) < 4.78 is 18.7. The number of nitrogens with one attached hydrogen (secondary N) is 2. The highest BCUT2D eigenvalue weighted by atomic mass is 19.1. The summed E-state index contributed by atoms with van der Waals surface area (Å²) in [6, 6.07) is 6.35. The van der Waals surface area contributed by atoms with Gasteiger partial charge in [-0.1, -0.05) is 12.1 Å². The Hall–Kier alpha value is -2.15. The number of rotatable bonds is 4. The minimum Gasteiger partial charge on any atom is -0.375 e. The van der Waals surface area contributed by atoms with Crippen molar-refractivity contribution in [3.63, 3.8) is 0 Å². The molecule has 2 fully saturated rings. The van der Waals surface area contributed by atoms with Crippen LogP contribution in [0, 0.1) is 11.2 Å². The Morgan fingerprint density at radius 1 is 1.46 bits per heavy atom. The van der Waals surface area contributed by atoms with Crippen LogP contribution in [-0.4, -0.2) is 57.1 Å². The maximum atomic E-state index is 13.1. The van der Waals surface area contributed by atoms with Gasteiger partial charge >= 0.3 is 0 Å². The third kappa shape index (κ3) is 4.15. The van der Waals surface area contributed by atoms with Gasteiger partial charge in [-0.25, -0.2) is 4.39 Å². The monoisotopic (exact) mass is 362 g/mol. The number of benzene rings is 1. The van der Waals surface area contributed by atoms with Crippen molar-refractivity contribution < 1.29 is 13.9 Å². The Morgan fingerprint density at radius 2 is 2.23 bits per heavy atom. The molecule has 1 aromatic rings. The van der Waals surface area contributed by atoms with Crippen LogP contribution in [0.4, 0.5) is 4.39 Å². The molecule has 3 rings (SSSR count). The number of guanidine groups is 1. The normalized spacial score (nSPS) is 24.7. The van der Waals surface area contributed by atoms with Gasteiger partial charge in [0.15, 0.2) is 5.96 Å². The van der Waals surface area contributed by atoms with Gasteiger partial charge in [-0.15, -0.1) is 0 Å². The number of likely N-dealkylation sites (tertiary alicyclic amines) is 1. The Morgan fingerprint density at radius 3 is 2.85 bits per heavy atom. The van der Waals surface area contributed by atoms with Crippen LogP contribution in [0.1, 0.15) is 30.9 Å². The van der Waals surface area contributed by atoms with E-state index in [2.05, 4.69) is 20.5 Å². The quantitative estimate of drug-likeness (QED) is 0.632. The van der Waals surface area contributed by atoms with Gasteiger partial charge in [0.05, 0.1) is 6.10 Å². The molecule has 0 aliphatic carbocycles. The number of hydrogen-bond donors (Lipinski definition) is 2. The first kappa shape index (κ1) is 18.6. The highest BCUT2D eigenvalue weighted by Crippen LogP contribution is 2.36. The number of amides is 1. The van der Waals surface area contributed by atoms with Crippen LogP contribution >= 0.6 is 0 Å². The molecule has 2 aliphatic rings. The fourth-order valence-corrected chi connectivity index (χ4v) is 3.96. The molecule has 1 aromatic carbocycles. The van der Waals surface area contributed by atoms with E-state index < -0.39 is 0 Å². The van der Waals surface area contributed by atoms with Crippen LogP contribution in [0.25, 0.3) is 0 Å². The van der Waals surface area contributed by atoms with E-state index >= 15 is 0 Å². The predicted octanol–water partition coefficient (Wildman–Crippen LogP) is 1.69. The molecule has 2 N–H and O–H groups in total. The van der Waals surface area contributed by atoms with Crippen LogP contribution in [0.3, 0.4) is 0 Å². The molecule has 1 spiro atoms. The van der Waals surface area contributed by atoms with E-state index in [1.54, 1.807) is 26.3 Å². The second-order valence-electron chi connectivity index (χ2n) is 7.18. The first-order valence-corrected chi connectivity index (χ1v) is 9.06. The van der Waals surface area contributed by atoms with Gasteiger partial charge in [-0.2, -0.15) is 0 Å². The van der Waals surface area contributed by atoms with Crippen LogP contribution in [-0.2, 0) is 9.53 Å². The van der Waals surface area contributed by atoms with Crippen molar-refractivity contribution in [1.29, 1.82) is 0 Å². The SMILES string of the molecule is CN=C(NCC(OC)c1ccc(F)cc1)N1CCCC2(CNC(=O)C2)C1. The van der Waals surface area contributed by atoms with Crippen molar-refractivity contribution in [2.45, 2.75) is 25.4 Å². The summed E-state index contributed by atoms with van der Waals surface area (Å²) in [6.07, 6.45) is 2.51. The number of piperidine rings is 1. The molecule has 2 aliphatic heterocycles. The number of carbonyl (C=O) groups is 1. The lowest BCUT2D eigenvalue weighted by Gasteiger charge is -2.41. The first-order valence-electron chi connectivity index (χ1n) is 9.06. The minimum absolute atomic E-state index is 0.0184. The van der Waals surface area contributed by atoms with Gasteiger partial charge in [0.1, 0.15) is 5.82 Å². The lowest BCUT2D eigenvalue weighted by molar-refractivity contribution is -0.119. The standard InChI is InChI=1S/C19H27FN4O2/c1-21-18(22-11-16(26-2)14-4-6-15(20)7-5-14)24-9-3-8-19(13-24)10-17(25)23-12-19/h4-7,16H,3,8-13H2,1-2H3,(H,21,22)(H,23,25). The molecule has 2 saturated heterocycles. The second-order valence-corrected chi connectivity index (χ2v) is 7.18. The number of carbonyl (C=O) groups excluding carboxylic acids is 1. The summed E-state index contributed by atoms with van der Waals surface area (Å²) in [6.45, 7) is 3.02. The molecule has 0 aromatic heterocycles. The molecular formula is C19H27FN4O2. The summed E-state index contributed by atoms with van der Waals surface area (Å²) in [5.74, 6) is 0.698. The van der Waals surface area contributed by atoms with Crippen LogP contribution in [0.2, 0.25) is 0 Å². The fraction of sp³-hybridized carbons (Fsp3) is 0.579. The fourth-order valence-electron chi connectivity index (χ4n) is 3.96. The largest absolute Gasteiger partial charge is 0.375 e. The molecule has 142 valence electrons. The van der Waals surface area contributed by atoms with E-state index in [0.29, 0.717) is 13.0 Å². The van der Waals surface area contributed by atoms with Gasteiger partial charge in [0.2, 0.25) is 5.91 Å². The summed E-state index contributed by atoms with van der Waals surface area (Å²) in [5.41, 5.74) is 0.933. The van der Waals surface area contributed by atoms with Crippen molar-refractivity contribution in [1.82, 2.24) is 15.5 Å². The van der Waals surface area contributed by atoms with E-state index in [9.17, 15) is 9.18 Å². The van der Waals surface area contributed by atoms with Crippen molar-refractivity contribution in [3.8, 4) is 0 Å². The van der Waals surface area contributed by atoms with E-state index in [1.807, 2.05) is 0 Å². The zero-order valence-corrected chi connectivity index (χ0v) is 15.4. The molecule has 2 heterocycles. The van der Waals surface area contributed by atoms with Gasteiger partial charge in [-0.3, -0.25) is 9.79 Å². The average Bonchev–Trinajstić information content (AvgIpc) is 3.00. The molecule has 6 nitrogen and oxygen atoms in total. The van der Waals surface area contributed by atoms with E-state index in [-0.39, 0.29) is 23.2 Å². The zero-order chi connectivity index (χ0) is 18.6. The van der Waals surface area contributed by atoms with Crippen LogP contribution < -0.4 is 10.6 Å². The molecule has 7 heteroatoms. The number of halogens is 1. The lowest BCUT2D eigenvalue weighted by atomic mass is 9.79. The predicted molar refractivity (Wildman–Crippen MR) is 98.4 cm³/mol. The third-order valence-electron chi connectivity index (χ3n) is 5.34. The van der Waals surface area contributed by atoms with Crippen LogP contribution in [0.5, 0.6) is 0 Å². The highest BCUT2D eigenvalue weighted by Gasteiger charge is 2.42. The van der Waals surface area contributed by atoms with Gasteiger partial charge in [-0.05, 0) is 30.5 Å². The number of aliphatic imine (C=N–C) groups is 1. The van der Waals surface area contributed by atoms with Crippen molar-refractivity contribution in [2.24, 2.45) is 10.4 Å². The molecule has 0 saturated carbocycles. The summed E-state index contributed by atoms with van der Waals surface area (Å²) in [7, 11) is 3.41. The van der Waals surface area contributed by atoms with Gasteiger partial charge < -0.3 is 20.3 Å². The lowest BCUT2D eigenvalue weighted by Crippen LogP contribution is -2.51. The first-order chi connectivity index (χ1) is 12.5. The van der Waals surface area contributed by atoms with Crippen molar-refractivity contribution in [3.05, 3.63) is 35.6 Å². The maximum Gasteiger partial charge on any atom is 0.220 e. The number of methoxy groups -OCH3 is 1. The molecular weight excluding hydrogens is 335 g/mol. The summed E-state index contributed by atoms with van der Waals surface area (Å²) in [4.78, 5) is 18.3. The summed E-state index contributed by atoms with van der Waals surface area (Å²) in [5, 5.41) is 6.34. The number of nitrogens with zero attached hydrogens (tertiary/aromatic N) is 2. The molecule has 2 unspecified atom stereocenters. The zero-order valence-electron chi connectivity index (χ0n) is 15.4. The van der Waals surface area contributed by atoms with Crippen molar-refractivity contribution in [2.75, 3.05) is 40.3 Å². The Kier molecular flexibility index (Phi) is 5.76. The molecule has 0 radical (unpaired) electrons. The van der Waals surface area contributed by atoms with Crippen LogP contribution in [0.15, 0.2) is 29.3 Å². The smallest absolute Gasteiger partial charge is 0.220 e. The Bertz CT molecular complexity index is 664. The minimum atomic E-state index is -0.259. The second kappa shape index (κ2) is 8.03. The molecule has 1 amide bonds. The van der Waals surface area contributed by atoms with E-state index in [4.69, 9.17) is 4.74 Å². The molecule has 0 bridgehead atoms. The van der Waals surface area contributed by atoms with Crippen molar-refractivity contribution >= 4 is 11.9 Å². The Balaban J connectivity index is 1.62. The maximum absolute atomic E-state index is 13.1. The Labute approximate surface area is 153 Å². The number of ether oxygens (including phenoxy) is 1. The summed E-state index contributed by atoms with van der Waals surface area (Å²) >= 11 is 0. The highest BCUT2D eigenvalue weighted by molar-refractivity contribution is 5.81. The molecule has 2 atom stereocenters. The van der Waals surface area contributed by atoms with Gasteiger partial charge in [0, 0.05) is 52.2 Å². The topological polar surface area (TPSA) is 66.0 Å². The van der Waals surface area contributed by atoms with E-state index in [1.165, 1.54) is 12.1 Å². The molecule has 26 heavy (non-hydrogen) atoms.